The number of nitrogens with zero attached hydrogens (tertiary/aromatic N) is 1. The van der Waals surface area contributed by atoms with E-state index >= 15 is 0 Å². The third kappa shape index (κ3) is 3.02. The zero-order valence-electron chi connectivity index (χ0n) is 11.2. The first-order valence-electron chi connectivity index (χ1n) is 6.51. The molecule has 1 aliphatic rings. The Bertz CT molecular complexity index is 431. The number of hydrogen-bond donors (Lipinski definition) is 1. The molecule has 2 rings (SSSR count). The van der Waals surface area contributed by atoms with Crippen LogP contribution in [0.25, 0.3) is 0 Å². The van der Waals surface area contributed by atoms with Crippen LogP contribution in [0.3, 0.4) is 0 Å². The maximum Gasteiger partial charge on any atom is 0.358 e. The highest BCUT2D eigenvalue weighted by atomic mass is 32.1. The highest BCUT2D eigenvalue weighted by Gasteiger charge is 2.23. The fourth-order valence-corrected chi connectivity index (χ4v) is 3.24. The number of carbonyl (C=O) groups is 1. The molecule has 0 bridgehead atoms. The van der Waals surface area contributed by atoms with Crippen LogP contribution >= 0.6 is 11.3 Å². The van der Waals surface area contributed by atoms with E-state index in [2.05, 4.69) is 17.2 Å². The van der Waals surface area contributed by atoms with Gasteiger partial charge in [0, 0.05) is 10.9 Å². The van der Waals surface area contributed by atoms with E-state index in [1.807, 2.05) is 6.92 Å². The molecule has 1 aromatic heterocycles. The number of aromatic nitrogens is 1. The van der Waals surface area contributed by atoms with Crippen LogP contribution in [0.1, 0.15) is 48.5 Å². The zero-order valence-corrected chi connectivity index (χ0v) is 12.0. The molecule has 0 aromatic carbocycles. The van der Waals surface area contributed by atoms with Crippen molar-refractivity contribution in [1.82, 2.24) is 4.98 Å². The van der Waals surface area contributed by atoms with Crippen LogP contribution in [0, 0.1) is 12.8 Å². The summed E-state index contributed by atoms with van der Waals surface area (Å²) in [4.78, 5) is 16.9. The first-order chi connectivity index (χ1) is 8.60. The summed E-state index contributed by atoms with van der Waals surface area (Å²) in [6.07, 6.45) is 3.65. The van der Waals surface area contributed by atoms with E-state index in [1.165, 1.54) is 30.6 Å². The number of esters is 1. The van der Waals surface area contributed by atoms with Gasteiger partial charge in [0.05, 0.1) is 6.61 Å². The van der Waals surface area contributed by atoms with Gasteiger partial charge in [-0.25, -0.2) is 9.78 Å². The number of anilines is 1. The van der Waals surface area contributed by atoms with Gasteiger partial charge in [0.2, 0.25) is 0 Å². The van der Waals surface area contributed by atoms with Gasteiger partial charge in [0.25, 0.3) is 0 Å². The van der Waals surface area contributed by atoms with E-state index in [0.29, 0.717) is 18.3 Å². The van der Waals surface area contributed by atoms with Crippen molar-refractivity contribution < 1.29 is 9.53 Å². The van der Waals surface area contributed by atoms with Gasteiger partial charge in [-0.3, -0.25) is 0 Å². The number of ether oxygens (including phenoxy) is 1. The van der Waals surface area contributed by atoms with Gasteiger partial charge >= 0.3 is 5.97 Å². The van der Waals surface area contributed by atoms with Gasteiger partial charge in [-0.1, -0.05) is 6.92 Å². The minimum Gasteiger partial charge on any atom is -0.461 e. The van der Waals surface area contributed by atoms with Crippen molar-refractivity contribution in [2.75, 3.05) is 11.9 Å². The molecule has 5 heteroatoms. The lowest BCUT2D eigenvalue weighted by Crippen LogP contribution is -2.15. The van der Waals surface area contributed by atoms with Crippen molar-refractivity contribution in [2.24, 2.45) is 5.92 Å². The zero-order chi connectivity index (χ0) is 13.1. The summed E-state index contributed by atoms with van der Waals surface area (Å²) < 4.78 is 4.99. The monoisotopic (exact) mass is 268 g/mol. The molecule has 0 radical (unpaired) electrons. The largest absolute Gasteiger partial charge is 0.461 e. The van der Waals surface area contributed by atoms with Crippen molar-refractivity contribution in [3.05, 3.63) is 10.6 Å². The summed E-state index contributed by atoms with van der Waals surface area (Å²) in [5, 5.41) is 4.27. The van der Waals surface area contributed by atoms with Crippen molar-refractivity contribution in [3.8, 4) is 0 Å². The van der Waals surface area contributed by atoms with E-state index in [0.717, 1.165) is 15.9 Å². The normalized spacial score (nSPS) is 23.1. The Morgan fingerprint density at radius 3 is 2.94 bits per heavy atom. The molecule has 1 fully saturated rings. The lowest BCUT2D eigenvalue weighted by molar-refractivity contribution is 0.0519. The van der Waals surface area contributed by atoms with Gasteiger partial charge in [0.15, 0.2) is 10.8 Å². The van der Waals surface area contributed by atoms with Crippen molar-refractivity contribution >= 4 is 22.4 Å². The Kier molecular flexibility index (Phi) is 4.22. The Balaban J connectivity index is 2.02. The first kappa shape index (κ1) is 13.3. The Morgan fingerprint density at radius 1 is 1.56 bits per heavy atom. The number of thiazole rings is 1. The van der Waals surface area contributed by atoms with E-state index in [9.17, 15) is 4.79 Å². The molecule has 1 heterocycles. The number of rotatable bonds is 4. The molecule has 1 aliphatic carbocycles. The predicted molar refractivity (Wildman–Crippen MR) is 73.2 cm³/mol. The molecule has 1 saturated carbocycles. The Morgan fingerprint density at radius 2 is 2.33 bits per heavy atom. The SMILES string of the molecule is CCOC(=O)c1nc(NC2CCC(C)C2)sc1C. The van der Waals surface area contributed by atoms with Crippen molar-refractivity contribution in [2.45, 2.75) is 46.1 Å². The van der Waals surface area contributed by atoms with Gasteiger partial charge in [-0.05, 0) is 39.0 Å². The molecule has 0 saturated heterocycles. The molecule has 2 atom stereocenters. The number of nitrogens with one attached hydrogen (secondary N) is 1. The van der Waals surface area contributed by atoms with Crippen molar-refractivity contribution in [3.63, 3.8) is 0 Å². The highest BCUT2D eigenvalue weighted by Crippen LogP contribution is 2.30. The fraction of sp³-hybridized carbons (Fsp3) is 0.692. The van der Waals surface area contributed by atoms with Crippen LogP contribution in [0.15, 0.2) is 0 Å². The molecule has 4 nitrogen and oxygen atoms in total. The molecular formula is C13H20N2O2S. The van der Waals surface area contributed by atoms with Crippen LogP contribution in [-0.4, -0.2) is 23.6 Å². The second-order valence-electron chi connectivity index (χ2n) is 4.90. The fourth-order valence-electron chi connectivity index (χ4n) is 2.36. The Labute approximate surface area is 112 Å². The van der Waals surface area contributed by atoms with Gasteiger partial charge < -0.3 is 10.1 Å². The summed E-state index contributed by atoms with van der Waals surface area (Å²) in [6.45, 7) is 6.38. The van der Waals surface area contributed by atoms with Crippen LogP contribution < -0.4 is 5.32 Å². The van der Waals surface area contributed by atoms with Gasteiger partial charge in [0.1, 0.15) is 0 Å². The van der Waals surface area contributed by atoms with Gasteiger partial charge in [-0.2, -0.15) is 0 Å². The molecule has 2 unspecified atom stereocenters. The molecule has 0 spiro atoms. The lowest BCUT2D eigenvalue weighted by atomic mass is 10.1. The van der Waals surface area contributed by atoms with E-state index in [-0.39, 0.29) is 5.97 Å². The third-order valence-corrected chi connectivity index (χ3v) is 4.19. The first-order valence-corrected chi connectivity index (χ1v) is 7.33. The second kappa shape index (κ2) is 5.69. The van der Waals surface area contributed by atoms with Crippen molar-refractivity contribution in [1.29, 1.82) is 0 Å². The maximum absolute atomic E-state index is 11.7. The predicted octanol–water partition coefficient (Wildman–Crippen LogP) is 3.23. The molecule has 0 aliphatic heterocycles. The minimum absolute atomic E-state index is 0.320. The number of hydrogen-bond acceptors (Lipinski definition) is 5. The maximum atomic E-state index is 11.7. The summed E-state index contributed by atoms with van der Waals surface area (Å²) in [5.41, 5.74) is 0.454. The van der Waals surface area contributed by atoms with Crippen LogP contribution in [0.5, 0.6) is 0 Å². The number of aryl methyl sites for hydroxylation is 1. The summed E-state index contributed by atoms with van der Waals surface area (Å²) >= 11 is 1.53. The summed E-state index contributed by atoms with van der Waals surface area (Å²) in [6, 6.07) is 0.501. The molecule has 1 aromatic rings. The quantitative estimate of drug-likeness (QED) is 0.852. The Hall–Kier alpha value is -1.10. The van der Waals surface area contributed by atoms with Gasteiger partial charge in [-0.15, -0.1) is 11.3 Å². The van der Waals surface area contributed by atoms with E-state index in [4.69, 9.17) is 4.74 Å². The molecular weight excluding hydrogens is 248 g/mol. The van der Waals surface area contributed by atoms with Crippen LogP contribution in [-0.2, 0) is 4.74 Å². The lowest BCUT2D eigenvalue weighted by Gasteiger charge is -2.10. The highest BCUT2D eigenvalue weighted by molar-refractivity contribution is 7.15. The molecule has 1 N–H and O–H groups in total. The average molecular weight is 268 g/mol. The summed E-state index contributed by atoms with van der Waals surface area (Å²) in [5.74, 6) is 0.465. The summed E-state index contributed by atoms with van der Waals surface area (Å²) in [7, 11) is 0. The molecule has 100 valence electrons. The van der Waals surface area contributed by atoms with Crippen LogP contribution in [0.4, 0.5) is 5.13 Å². The topological polar surface area (TPSA) is 51.2 Å². The molecule has 18 heavy (non-hydrogen) atoms. The third-order valence-electron chi connectivity index (χ3n) is 3.29. The second-order valence-corrected chi connectivity index (χ2v) is 6.11. The average Bonchev–Trinajstić information content (AvgIpc) is 2.86. The standard InChI is InChI=1S/C13H20N2O2S/c1-4-17-12(16)11-9(3)18-13(15-11)14-10-6-5-8(2)7-10/h8,10H,4-7H2,1-3H3,(H,14,15). The minimum atomic E-state index is -0.320. The molecule has 0 amide bonds. The number of carbonyl (C=O) groups excluding carboxylic acids is 1. The van der Waals surface area contributed by atoms with E-state index in [1.54, 1.807) is 6.92 Å². The smallest absolute Gasteiger partial charge is 0.358 e. The van der Waals surface area contributed by atoms with E-state index < -0.39 is 0 Å². The van der Waals surface area contributed by atoms with Crippen LogP contribution in [0.2, 0.25) is 0 Å².